The van der Waals surface area contributed by atoms with Gasteiger partial charge in [0.25, 0.3) is 0 Å². The Hall–Kier alpha value is -1.55. The van der Waals surface area contributed by atoms with Gasteiger partial charge in [-0.05, 0) is 13.8 Å². The van der Waals surface area contributed by atoms with E-state index in [1.807, 2.05) is 0 Å². The van der Waals surface area contributed by atoms with E-state index < -0.39 is 17.8 Å². The van der Waals surface area contributed by atoms with Crippen molar-refractivity contribution in [3.05, 3.63) is 47.5 Å². The lowest BCUT2D eigenvalue weighted by molar-refractivity contribution is -0.0572. The van der Waals surface area contributed by atoms with Crippen LogP contribution in [0.1, 0.15) is 24.2 Å². The fraction of sp³-hybridized carbons (Fsp3) is 0.308. The summed E-state index contributed by atoms with van der Waals surface area (Å²) in [5.74, 6) is -5.18. The number of ketones is 1. The molecule has 0 fully saturated rings. The Bertz CT molecular complexity index is 420. The molecule has 1 atom stereocenters. The van der Waals surface area contributed by atoms with Gasteiger partial charge in [-0.15, -0.1) is 0 Å². The van der Waals surface area contributed by atoms with Crippen molar-refractivity contribution in [2.45, 2.75) is 25.9 Å². The lowest BCUT2D eigenvalue weighted by Gasteiger charge is -2.19. The second-order valence-corrected chi connectivity index (χ2v) is 4.01. The Morgan fingerprint density at radius 2 is 1.82 bits per heavy atom. The molecule has 1 aromatic rings. The van der Waals surface area contributed by atoms with Crippen LogP contribution in [0.3, 0.4) is 0 Å². The first-order valence-corrected chi connectivity index (χ1v) is 5.16. The Morgan fingerprint density at radius 3 is 2.29 bits per heavy atom. The molecule has 2 nitrogen and oxygen atoms in total. The molecule has 17 heavy (non-hydrogen) atoms. The number of halogens is 2. The van der Waals surface area contributed by atoms with Crippen LogP contribution < -0.4 is 0 Å². The summed E-state index contributed by atoms with van der Waals surface area (Å²) in [6.45, 7) is 3.15. The van der Waals surface area contributed by atoms with Crippen molar-refractivity contribution < 1.29 is 18.7 Å². The van der Waals surface area contributed by atoms with Crippen molar-refractivity contribution in [1.82, 2.24) is 0 Å². The number of alkyl halides is 2. The van der Waals surface area contributed by atoms with Gasteiger partial charge >= 0.3 is 5.92 Å². The Labute approximate surface area is 98.6 Å². The number of Topliss-reactive ketones (excluding diaryl/α,β-unsaturated/α-hetero) is 1. The van der Waals surface area contributed by atoms with Gasteiger partial charge in [0, 0.05) is 5.56 Å². The van der Waals surface area contributed by atoms with Gasteiger partial charge in [-0.25, -0.2) is 0 Å². The zero-order chi connectivity index (χ0) is 13.1. The van der Waals surface area contributed by atoms with Gasteiger partial charge in [-0.1, -0.05) is 42.0 Å². The first kappa shape index (κ1) is 13.5. The molecule has 1 rings (SSSR count). The minimum absolute atomic E-state index is 0.112. The number of carbonyl (C=O) groups is 1. The highest BCUT2D eigenvalue weighted by atomic mass is 19.3. The number of allylic oxidation sites excluding steroid dienone is 1. The van der Waals surface area contributed by atoms with E-state index in [0.717, 1.165) is 6.08 Å². The molecule has 0 saturated heterocycles. The number of carbonyl (C=O) groups excluding carboxylic acids is 1. The lowest BCUT2D eigenvalue weighted by Crippen LogP contribution is -2.40. The fourth-order valence-electron chi connectivity index (χ4n) is 1.34. The highest BCUT2D eigenvalue weighted by Gasteiger charge is 2.45. The van der Waals surface area contributed by atoms with Crippen LogP contribution in [0.2, 0.25) is 0 Å². The van der Waals surface area contributed by atoms with E-state index in [1.54, 1.807) is 19.9 Å². The predicted octanol–water partition coefficient (Wildman–Crippen LogP) is 2.83. The molecular weight excluding hydrogens is 226 g/mol. The molecule has 1 N–H and O–H groups in total. The van der Waals surface area contributed by atoms with E-state index in [2.05, 4.69) is 0 Å². The van der Waals surface area contributed by atoms with Crippen LogP contribution in [-0.4, -0.2) is 22.9 Å². The standard InChI is InChI=1S/C13H14F2O2/c1-9(2)8-11(16)13(14,15)12(17)10-6-4-3-5-7-10/h3-8,11,16H,1-2H3. The highest BCUT2D eigenvalue weighted by Crippen LogP contribution is 2.25. The van der Waals surface area contributed by atoms with Gasteiger partial charge < -0.3 is 5.11 Å². The summed E-state index contributed by atoms with van der Waals surface area (Å²) < 4.78 is 27.2. The number of aliphatic hydroxyl groups excluding tert-OH is 1. The molecule has 0 aliphatic rings. The van der Waals surface area contributed by atoms with Crippen LogP contribution in [0.15, 0.2) is 42.0 Å². The van der Waals surface area contributed by atoms with Gasteiger partial charge in [-0.3, -0.25) is 4.79 Å². The zero-order valence-electron chi connectivity index (χ0n) is 9.65. The summed E-state index contributed by atoms with van der Waals surface area (Å²) in [5.41, 5.74) is 0.414. The quantitative estimate of drug-likeness (QED) is 0.649. The van der Waals surface area contributed by atoms with Crippen molar-refractivity contribution in [3.63, 3.8) is 0 Å². The largest absolute Gasteiger partial charge is 0.382 e. The van der Waals surface area contributed by atoms with Crippen LogP contribution in [0, 0.1) is 0 Å². The Kier molecular flexibility index (Phi) is 4.12. The monoisotopic (exact) mass is 240 g/mol. The minimum atomic E-state index is -3.81. The summed E-state index contributed by atoms with van der Waals surface area (Å²) in [7, 11) is 0. The maximum atomic E-state index is 13.6. The van der Waals surface area contributed by atoms with Crippen LogP contribution in [-0.2, 0) is 0 Å². The molecular formula is C13H14F2O2. The van der Waals surface area contributed by atoms with Crippen LogP contribution in [0.4, 0.5) is 8.78 Å². The van der Waals surface area contributed by atoms with Gasteiger partial charge in [0.1, 0.15) is 6.10 Å². The zero-order valence-corrected chi connectivity index (χ0v) is 9.65. The summed E-state index contributed by atoms with van der Waals surface area (Å²) in [6, 6.07) is 7.21. The van der Waals surface area contributed by atoms with Crippen LogP contribution in [0.25, 0.3) is 0 Å². The topological polar surface area (TPSA) is 37.3 Å². The average Bonchev–Trinajstić information content (AvgIpc) is 2.28. The van der Waals surface area contributed by atoms with Crippen molar-refractivity contribution in [2.24, 2.45) is 0 Å². The first-order valence-electron chi connectivity index (χ1n) is 5.16. The lowest BCUT2D eigenvalue weighted by atomic mass is 10.00. The number of aliphatic hydroxyl groups is 1. The fourth-order valence-corrected chi connectivity index (χ4v) is 1.34. The molecule has 92 valence electrons. The summed E-state index contributed by atoms with van der Waals surface area (Å²) in [5, 5.41) is 9.33. The maximum absolute atomic E-state index is 13.6. The molecule has 0 radical (unpaired) electrons. The molecule has 0 spiro atoms. The normalized spacial score (nSPS) is 13.0. The van der Waals surface area contributed by atoms with Gasteiger partial charge in [0.05, 0.1) is 0 Å². The summed E-state index contributed by atoms with van der Waals surface area (Å²) in [4.78, 5) is 11.6. The van der Waals surface area contributed by atoms with E-state index in [-0.39, 0.29) is 5.56 Å². The van der Waals surface area contributed by atoms with Crippen LogP contribution in [0.5, 0.6) is 0 Å². The van der Waals surface area contributed by atoms with E-state index in [1.165, 1.54) is 24.3 Å². The summed E-state index contributed by atoms with van der Waals surface area (Å²) >= 11 is 0. The maximum Gasteiger partial charge on any atom is 0.338 e. The molecule has 0 aromatic heterocycles. The van der Waals surface area contributed by atoms with Gasteiger partial charge in [-0.2, -0.15) is 8.78 Å². The predicted molar refractivity (Wildman–Crippen MR) is 61.2 cm³/mol. The molecule has 0 heterocycles. The minimum Gasteiger partial charge on any atom is -0.382 e. The second-order valence-electron chi connectivity index (χ2n) is 4.01. The van der Waals surface area contributed by atoms with Crippen LogP contribution >= 0.6 is 0 Å². The number of hydrogen-bond acceptors (Lipinski definition) is 2. The molecule has 0 aliphatic carbocycles. The Morgan fingerprint density at radius 1 is 1.29 bits per heavy atom. The van der Waals surface area contributed by atoms with E-state index in [4.69, 9.17) is 0 Å². The van der Waals surface area contributed by atoms with Crippen molar-refractivity contribution >= 4 is 5.78 Å². The molecule has 0 bridgehead atoms. The van der Waals surface area contributed by atoms with E-state index >= 15 is 0 Å². The SMILES string of the molecule is CC(C)=CC(O)C(F)(F)C(=O)c1ccccc1. The number of hydrogen-bond donors (Lipinski definition) is 1. The summed E-state index contributed by atoms with van der Waals surface area (Å²) in [6.07, 6.45) is -1.12. The van der Waals surface area contributed by atoms with Gasteiger partial charge in [0.2, 0.25) is 5.78 Å². The van der Waals surface area contributed by atoms with E-state index in [9.17, 15) is 18.7 Å². The Balaban J connectivity index is 2.99. The molecule has 1 unspecified atom stereocenters. The second kappa shape index (κ2) is 5.19. The average molecular weight is 240 g/mol. The number of benzene rings is 1. The third-order valence-electron chi connectivity index (χ3n) is 2.20. The van der Waals surface area contributed by atoms with Crippen molar-refractivity contribution in [2.75, 3.05) is 0 Å². The molecule has 1 aromatic carbocycles. The first-order chi connectivity index (χ1) is 7.85. The molecule has 0 saturated carbocycles. The highest BCUT2D eigenvalue weighted by molar-refractivity contribution is 6.01. The van der Waals surface area contributed by atoms with E-state index in [0.29, 0.717) is 5.57 Å². The number of rotatable bonds is 4. The third-order valence-corrected chi connectivity index (χ3v) is 2.20. The van der Waals surface area contributed by atoms with Crippen molar-refractivity contribution in [3.8, 4) is 0 Å². The third kappa shape index (κ3) is 3.20. The van der Waals surface area contributed by atoms with Gasteiger partial charge in [0.15, 0.2) is 0 Å². The smallest absolute Gasteiger partial charge is 0.338 e. The molecule has 4 heteroatoms. The van der Waals surface area contributed by atoms with Crippen molar-refractivity contribution in [1.29, 1.82) is 0 Å². The molecule has 0 amide bonds. The molecule has 0 aliphatic heterocycles.